The van der Waals surface area contributed by atoms with E-state index in [-0.39, 0.29) is 0 Å². The first-order valence-electron chi connectivity index (χ1n) is 6.33. The number of hydrogen-bond acceptors (Lipinski definition) is 1. The SMILES string of the molecule is CCCN1CC2CC2(c2ccc(Cl)cc2Cl)C1. The number of hydrogen-bond donors (Lipinski definition) is 0. The molecule has 1 aliphatic heterocycles. The van der Waals surface area contributed by atoms with Gasteiger partial charge in [-0.2, -0.15) is 0 Å². The van der Waals surface area contributed by atoms with Crippen LogP contribution in [-0.2, 0) is 5.41 Å². The van der Waals surface area contributed by atoms with Gasteiger partial charge in [0.1, 0.15) is 0 Å². The molecule has 0 amide bonds. The number of fused-ring (bicyclic) bond motifs is 1. The summed E-state index contributed by atoms with van der Waals surface area (Å²) in [5, 5.41) is 1.58. The Hall–Kier alpha value is -0.240. The predicted molar refractivity (Wildman–Crippen MR) is 73.0 cm³/mol. The van der Waals surface area contributed by atoms with Crippen LogP contribution in [0.2, 0.25) is 10.0 Å². The van der Waals surface area contributed by atoms with Gasteiger partial charge in [0.05, 0.1) is 0 Å². The lowest BCUT2D eigenvalue weighted by Crippen LogP contribution is -2.27. The third-order valence-corrected chi connectivity index (χ3v) is 4.77. The van der Waals surface area contributed by atoms with Gasteiger partial charge in [-0.05, 0) is 43.0 Å². The minimum absolute atomic E-state index is 0.344. The molecule has 3 heteroatoms. The Bertz CT molecular complexity index is 446. The van der Waals surface area contributed by atoms with Crippen molar-refractivity contribution in [3.8, 4) is 0 Å². The lowest BCUT2D eigenvalue weighted by molar-refractivity contribution is 0.299. The van der Waals surface area contributed by atoms with Crippen molar-refractivity contribution in [2.24, 2.45) is 5.92 Å². The average Bonchev–Trinajstić information content (AvgIpc) is 2.82. The zero-order chi connectivity index (χ0) is 12.0. The van der Waals surface area contributed by atoms with Crippen molar-refractivity contribution in [2.45, 2.75) is 25.2 Å². The Balaban J connectivity index is 1.86. The number of nitrogens with zero attached hydrogens (tertiary/aromatic N) is 1. The normalized spacial score (nSPS) is 31.6. The van der Waals surface area contributed by atoms with Gasteiger partial charge in [-0.15, -0.1) is 0 Å². The highest BCUT2D eigenvalue weighted by molar-refractivity contribution is 6.35. The molecule has 0 aromatic heterocycles. The minimum atomic E-state index is 0.344. The van der Waals surface area contributed by atoms with Crippen LogP contribution in [0.25, 0.3) is 0 Å². The number of rotatable bonds is 3. The predicted octanol–water partition coefficient (Wildman–Crippen LogP) is 3.98. The molecule has 3 rings (SSSR count). The van der Waals surface area contributed by atoms with Gasteiger partial charge in [-0.1, -0.05) is 36.2 Å². The third-order valence-electron chi connectivity index (χ3n) is 4.22. The summed E-state index contributed by atoms with van der Waals surface area (Å²) < 4.78 is 0. The van der Waals surface area contributed by atoms with Crippen LogP contribution in [0.1, 0.15) is 25.3 Å². The minimum Gasteiger partial charge on any atom is -0.302 e. The molecule has 0 N–H and O–H groups in total. The summed E-state index contributed by atoms with van der Waals surface area (Å²) in [6, 6.07) is 5.97. The van der Waals surface area contributed by atoms with E-state index >= 15 is 0 Å². The van der Waals surface area contributed by atoms with Gasteiger partial charge >= 0.3 is 0 Å². The highest BCUT2D eigenvalue weighted by Crippen LogP contribution is 2.60. The van der Waals surface area contributed by atoms with Crippen molar-refractivity contribution in [3.63, 3.8) is 0 Å². The Morgan fingerprint density at radius 2 is 2.24 bits per heavy atom. The van der Waals surface area contributed by atoms with E-state index in [1.54, 1.807) is 0 Å². The lowest BCUT2D eigenvalue weighted by Gasteiger charge is -2.21. The summed E-state index contributed by atoms with van der Waals surface area (Å²) in [6.07, 6.45) is 2.53. The molecule has 1 saturated heterocycles. The summed E-state index contributed by atoms with van der Waals surface area (Å²) in [7, 11) is 0. The van der Waals surface area contributed by atoms with Crippen LogP contribution in [-0.4, -0.2) is 24.5 Å². The van der Waals surface area contributed by atoms with Crippen LogP contribution in [0, 0.1) is 5.92 Å². The maximum absolute atomic E-state index is 6.35. The van der Waals surface area contributed by atoms with E-state index in [1.807, 2.05) is 12.1 Å². The fourth-order valence-electron chi connectivity index (χ4n) is 3.38. The summed E-state index contributed by atoms with van der Waals surface area (Å²) in [5.74, 6) is 0.813. The smallest absolute Gasteiger partial charge is 0.0459 e. The van der Waals surface area contributed by atoms with Gasteiger partial charge in [0.2, 0.25) is 0 Å². The first-order chi connectivity index (χ1) is 8.15. The molecule has 2 fully saturated rings. The summed E-state index contributed by atoms with van der Waals surface area (Å²) in [5.41, 5.74) is 1.66. The van der Waals surface area contributed by atoms with Gasteiger partial charge in [0, 0.05) is 28.5 Å². The van der Waals surface area contributed by atoms with Gasteiger partial charge in [0.25, 0.3) is 0 Å². The Morgan fingerprint density at radius 1 is 1.41 bits per heavy atom. The molecule has 2 unspecified atom stereocenters. The Kier molecular flexibility index (Phi) is 2.89. The maximum atomic E-state index is 6.35. The fourth-order valence-corrected chi connectivity index (χ4v) is 3.98. The fraction of sp³-hybridized carbons (Fsp3) is 0.571. The van der Waals surface area contributed by atoms with E-state index in [1.165, 1.54) is 38.0 Å². The number of halogens is 2. The molecule has 1 heterocycles. The second-order valence-corrected chi connectivity index (χ2v) is 6.26. The summed E-state index contributed by atoms with van der Waals surface area (Å²) in [6.45, 7) is 5.87. The van der Waals surface area contributed by atoms with Crippen molar-refractivity contribution < 1.29 is 0 Å². The van der Waals surface area contributed by atoms with Crippen molar-refractivity contribution >= 4 is 23.2 Å². The van der Waals surface area contributed by atoms with E-state index in [0.29, 0.717) is 5.41 Å². The number of piperidine rings is 1. The molecular formula is C14H17Cl2N. The van der Waals surface area contributed by atoms with Crippen LogP contribution in [0.3, 0.4) is 0 Å². The first kappa shape index (κ1) is 11.8. The topological polar surface area (TPSA) is 3.24 Å². The molecule has 1 aromatic carbocycles. The van der Waals surface area contributed by atoms with Crippen LogP contribution >= 0.6 is 23.2 Å². The van der Waals surface area contributed by atoms with Gasteiger partial charge in [0.15, 0.2) is 0 Å². The molecule has 1 aromatic rings. The maximum Gasteiger partial charge on any atom is 0.0459 e. The molecule has 1 saturated carbocycles. The highest BCUT2D eigenvalue weighted by atomic mass is 35.5. The van der Waals surface area contributed by atoms with Gasteiger partial charge in [-0.3, -0.25) is 0 Å². The Labute approximate surface area is 113 Å². The van der Waals surface area contributed by atoms with E-state index in [4.69, 9.17) is 23.2 Å². The average molecular weight is 270 g/mol. The van der Waals surface area contributed by atoms with E-state index in [0.717, 1.165) is 16.0 Å². The largest absolute Gasteiger partial charge is 0.302 e. The van der Waals surface area contributed by atoms with Crippen molar-refractivity contribution in [2.75, 3.05) is 19.6 Å². The third kappa shape index (κ3) is 1.89. The van der Waals surface area contributed by atoms with Crippen molar-refractivity contribution in [3.05, 3.63) is 33.8 Å². The molecule has 2 aliphatic rings. The Morgan fingerprint density at radius 3 is 2.94 bits per heavy atom. The summed E-state index contributed by atoms with van der Waals surface area (Å²) >= 11 is 12.3. The zero-order valence-corrected chi connectivity index (χ0v) is 11.6. The van der Waals surface area contributed by atoms with Crippen molar-refractivity contribution in [1.29, 1.82) is 0 Å². The van der Waals surface area contributed by atoms with Gasteiger partial charge < -0.3 is 4.90 Å². The second kappa shape index (κ2) is 4.15. The van der Waals surface area contributed by atoms with Crippen LogP contribution in [0.5, 0.6) is 0 Å². The molecule has 0 bridgehead atoms. The molecule has 1 nitrogen and oxygen atoms in total. The molecule has 17 heavy (non-hydrogen) atoms. The monoisotopic (exact) mass is 269 g/mol. The second-order valence-electron chi connectivity index (χ2n) is 5.42. The molecular weight excluding hydrogens is 253 g/mol. The highest BCUT2D eigenvalue weighted by Gasteiger charge is 2.60. The van der Waals surface area contributed by atoms with Crippen LogP contribution < -0.4 is 0 Å². The van der Waals surface area contributed by atoms with E-state index < -0.39 is 0 Å². The molecule has 2 atom stereocenters. The number of benzene rings is 1. The van der Waals surface area contributed by atoms with E-state index in [2.05, 4.69) is 17.9 Å². The quantitative estimate of drug-likeness (QED) is 0.803. The standard InChI is InChI=1S/C14H17Cl2N/c1-2-5-17-8-10-7-14(10,9-17)12-4-3-11(15)6-13(12)16/h3-4,6,10H,2,5,7-9H2,1H3. The number of likely N-dealkylation sites (tertiary alicyclic amines) is 1. The van der Waals surface area contributed by atoms with E-state index in [9.17, 15) is 0 Å². The molecule has 0 spiro atoms. The lowest BCUT2D eigenvalue weighted by atomic mass is 9.95. The first-order valence-corrected chi connectivity index (χ1v) is 7.09. The molecule has 0 radical (unpaired) electrons. The molecule has 1 aliphatic carbocycles. The molecule has 92 valence electrons. The van der Waals surface area contributed by atoms with Crippen molar-refractivity contribution in [1.82, 2.24) is 4.90 Å². The van der Waals surface area contributed by atoms with Crippen LogP contribution in [0.15, 0.2) is 18.2 Å². The summed E-state index contributed by atoms with van der Waals surface area (Å²) in [4.78, 5) is 2.57. The zero-order valence-electron chi connectivity index (χ0n) is 10.0. The van der Waals surface area contributed by atoms with Gasteiger partial charge in [-0.25, -0.2) is 0 Å². The van der Waals surface area contributed by atoms with Crippen LogP contribution in [0.4, 0.5) is 0 Å².